The maximum absolute atomic E-state index is 5.44. The fraction of sp³-hybridized carbons (Fsp3) is 0.867. The quantitative estimate of drug-likeness (QED) is 0.858. The monoisotopic (exact) mass is 265 g/mol. The molecule has 108 valence electrons. The van der Waals surface area contributed by atoms with Crippen molar-refractivity contribution in [1.29, 1.82) is 0 Å². The van der Waals surface area contributed by atoms with Gasteiger partial charge in [0.1, 0.15) is 0 Å². The Morgan fingerprint density at radius 3 is 2.58 bits per heavy atom. The molecule has 0 saturated heterocycles. The first-order valence-electron chi connectivity index (χ1n) is 7.41. The van der Waals surface area contributed by atoms with Crippen molar-refractivity contribution in [2.24, 2.45) is 5.41 Å². The highest BCUT2D eigenvalue weighted by Gasteiger charge is 2.43. The molecule has 1 fully saturated rings. The molecule has 0 aromatic carbocycles. The lowest BCUT2D eigenvalue weighted by Crippen LogP contribution is -2.42. The predicted molar refractivity (Wildman–Crippen MR) is 76.1 cm³/mol. The Balaban J connectivity index is 2.02. The van der Waals surface area contributed by atoms with E-state index in [-0.39, 0.29) is 10.8 Å². The van der Waals surface area contributed by atoms with Gasteiger partial charge in [-0.2, -0.15) is 4.98 Å². The van der Waals surface area contributed by atoms with Crippen molar-refractivity contribution in [2.75, 3.05) is 6.54 Å². The van der Waals surface area contributed by atoms with E-state index in [1.54, 1.807) is 0 Å². The molecule has 0 radical (unpaired) electrons. The van der Waals surface area contributed by atoms with Gasteiger partial charge in [0.05, 0.1) is 0 Å². The van der Waals surface area contributed by atoms with Crippen molar-refractivity contribution in [3.63, 3.8) is 0 Å². The summed E-state index contributed by atoms with van der Waals surface area (Å²) in [6, 6.07) is 0.368. The third-order valence-corrected chi connectivity index (χ3v) is 4.07. The second-order valence-electron chi connectivity index (χ2n) is 7.15. The lowest BCUT2D eigenvalue weighted by Gasteiger charge is -2.30. The summed E-state index contributed by atoms with van der Waals surface area (Å²) in [4.78, 5) is 4.59. The Kier molecular flexibility index (Phi) is 4.00. The molecule has 4 heteroatoms. The Morgan fingerprint density at radius 1 is 1.37 bits per heavy atom. The standard InChI is InChI=1S/C15H27N3O/c1-6-9-16-11(14(2,3)4)10-12-17-13(18-19-12)15(5)7-8-15/h11,16H,6-10H2,1-5H3. The van der Waals surface area contributed by atoms with Crippen LogP contribution in [-0.2, 0) is 11.8 Å². The van der Waals surface area contributed by atoms with Gasteiger partial charge in [-0.25, -0.2) is 0 Å². The van der Waals surface area contributed by atoms with Gasteiger partial charge in [0, 0.05) is 17.9 Å². The zero-order chi connectivity index (χ0) is 14.1. The van der Waals surface area contributed by atoms with Gasteiger partial charge in [0.15, 0.2) is 5.82 Å². The largest absolute Gasteiger partial charge is 0.339 e. The van der Waals surface area contributed by atoms with Crippen molar-refractivity contribution in [1.82, 2.24) is 15.5 Å². The van der Waals surface area contributed by atoms with E-state index < -0.39 is 0 Å². The van der Waals surface area contributed by atoms with Gasteiger partial charge in [0.2, 0.25) is 5.89 Å². The van der Waals surface area contributed by atoms with Crippen LogP contribution >= 0.6 is 0 Å². The SMILES string of the molecule is CCCNC(Cc1nc(C2(C)CC2)no1)C(C)(C)C. The van der Waals surface area contributed by atoms with Gasteiger partial charge >= 0.3 is 0 Å². The van der Waals surface area contributed by atoms with Crippen LogP contribution < -0.4 is 5.32 Å². The molecule has 0 aliphatic heterocycles. The molecule has 1 N–H and O–H groups in total. The first-order chi connectivity index (χ1) is 8.85. The number of nitrogens with one attached hydrogen (secondary N) is 1. The van der Waals surface area contributed by atoms with Crippen LogP contribution in [0.25, 0.3) is 0 Å². The minimum Gasteiger partial charge on any atom is -0.339 e. The summed E-state index contributed by atoms with van der Waals surface area (Å²) in [6.45, 7) is 12.2. The molecule has 2 rings (SSSR count). The minimum atomic E-state index is 0.188. The van der Waals surface area contributed by atoms with Gasteiger partial charge in [-0.3, -0.25) is 0 Å². The smallest absolute Gasteiger partial charge is 0.228 e. The van der Waals surface area contributed by atoms with Crippen LogP contribution in [0.3, 0.4) is 0 Å². The number of nitrogens with zero attached hydrogens (tertiary/aromatic N) is 2. The maximum Gasteiger partial charge on any atom is 0.228 e. The van der Waals surface area contributed by atoms with E-state index in [1.165, 1.54) is 12.8 Å². The van der Waals surface area contributed by atoms with Crippen LogP contribution in [0.1, 0.15) is 65.6 Å². The Morgan fingerprint density at radius 2 is 2.05 bits per heavy atom. The van der Waals surface area contributed by atoms with Gasteiger partial charge in [0.25, 0.3) is 0 Å². The van der Waals surface area contributed by atoms with Crippen molar-refractivity contribution >= 4 is 0 Å². The second-order valence-corrected chi connectivity index (χ2v) is 7.15. The van der Waals surface area contributed by atoms with Gasteiger partial charge in [-0.05, 0) is 31.2 Å². The molecule has 1 heterocycles. The summed E-state index contributed by atoms with van der Waals surface area (Å²) in [6.07, 6.45) is 4.32. The lowest BCUT2D eigenvalue weighted by molar-refractivity contribution is 0.244. The molecule has 1 aromatic rings. The maximum atomic E-state index is 5.44. The third-order valence-electron chi connectivity index (χ3n) is 4.07. The van der Waals surface area contributed by atoms with E-state index >= 15 is 0 Å². The summed E-state index contributed by atoms with van der Waals surface area (Å²) < 4.78 is 5.44. The zero-order valence-corrected chi connectivity index (χ0v) is 12.9. The molecule has 0 amide bonds. The highest BCUT2D eigenvalue weighted by molar-refractivity contribution is 5.14. The molecule has 19 heavy (non-hydrogen) atoms. The number of aromatic nitrogens is 2. The highest BCUT2D eigenvalue weighted by atomic mass is 16.5. The molecule has 0 bridgehead atoms. The topological polar surface area (TPSA) is 51.0 Å². The number of hydrogen-bond acceptors (Lipinski definition) is 4. The van der Waals surface area contributed by atoms with Crippen molar-refractivity contribution in [3.8, 4) is 0 Å². The molecule has 1 aromatic heterocycles. The summed E-state index contributed by atoms with van der Waals surface area (Å²) in [5.74, 6) is 1.66. The van der Waals surface area contributed by atoms with Crippen LogP contribution in [0.15, 0.2) is 4.52 Å². The molecule has 1 aliphatic carbocycles. The first-order valence-corrected chi connectivity index (χ1v) is 7.41. The average molecular weight is 265 g/mol. The molecule has 1 aliphatic rings. The highest BCUT2D eigenvalue weighted by Crippen LogP contribution is 2.46. The summed E-state index contributed by atoms with van der Waals surface area (Å²) in [5, 5.41) is 7.75. The first kappa shape index (κ1) is 14.5. The van der Waals surface area contributed by atoms with Crippen LogP contribution in [0.4, 0.5) is 0 Å². The van der Waals surface area contributed by atoms with Crippen molar-refractivity contribution < 1.29 is 4.52 Å². The second kappa shape index (κ2) is 5.23. The summed E-state index contributed by atoms with van der Waals surface area (Å²) in [7, 11) is 0. The number of rotatable bonds is 6. The molecule has 4 nitrogen and oxygen atoms in total. The third kappa shape index (κ3) is 3.56. The minimum absolute atomic E-state index is 0.188. The lowest BCUT2D eigenvalue weighted by atomic mass is 9.84. The molecule has 1 atom stereocenters. The summed E-state index contributed by atoms with van der Waals surface area (Å²) >= 11 is 0. The molecular weight excluding hydrogens is 238 g/mol. The van der Waals surface area contributed by atoms with Crippen molar-refractivity contribution in [3.05, 3.63) is 11.7 Å². The van der Waals surface area contributed by atoms with E-state index in [0.29, 0.717) is 6.04 Å². The van der Waals surface area contributed by atoms with E-state index in [2.05, 4.69) is 50.1 Å². The van der Waals surface area contributed by atoms with Crippen LogP contribution in [-0.4, -0.2) is 22.7 Å². The average Bonchev–Trinajstić information content (AvgIpc) is 2.90. The molecule has 0 spiro atoms. The van der Waals surface area contributed by atoms with Gasteiger partial charge in [-0.15, -0.1) is 0 Å². The molecule has 1 unspecified atom stereocenters. The molecular formula is C15H27N3O. The Bertz CT molecular complexity index is 415. The van der Waals surface area contributed by atoms with Gasteiger partial charge < -0.3 is 9.84 Å². The van der Waals surface area contributed by atoms with Crippen molar-refractivity contribution in [2.45, 2.75) is 71.8 Å². The summed E-state index contributed by atoms with van der Waals surface area (Å²) in [5.41, 5.74) is 0.378. The van der Waals surface area contributed by atoms with Crippen LogP contribution in [0, 0.1) is 5.41 Å². The van der Waals surface area contributed by atoms with Crippen LogP contribution in [0.5, 0.6) is 0 Å². The number of hydrogen-bond donors (Lipinski definition) is 1. The fourth-order valence-electron chi connectivity index (χ4n) is 2.17. The molecule has 1 saturated carbocycles. The fourth-order valence-corrected chi connectivity index (χ4v) is 2.17. The van der Waals surface area contributed by atoms with Crippen LogP contribution in [0.2, 0.25) is 0 Å². The van der Waals surface area contributed by atoms with Gasteiger partial charge in [-0.1, -0.05) is 39.8 Å². The Hall–Kier alpha value is -0.900. The van der Waals surface area contributed by atoms with E-state index in [1.807, 2.05) is 0 Å². The predicted octanol–water partition coefficient (Wildman–Crippen LogP) is 3.08. The van der Waals surface area contributed by atoms with E-state index in [4.69, 9.17) is 4.52 Å². The van der Waals surface area contributed by atoms with E-state index in [0.717, 1.165) is 31.1 Å². The normalized spacial score (nSPS) is 19.4. The Labute approximate surface area is 116 Å². The van der Waals surface area contributed by atoms with E-state index in [9.17, 15) is 0 Å². The zero-order valence-electron chi connectivity index (χ0n) is 12.9.